The quantitative estimate of drug-likeness (QED) is 0.328. The molecule has 1 heterocycles. The first kappa shape index (κ1) is 19.5. The Morgan fingerprint density at radius 2 is 1.90 bits per heavy atom. The second-order valence-corrected chi connectivity index (χ2v) is 7.42. The second kappa shape index (κ2) is 8.30. The molecule has 0 atom stereocenters. The van der Waals surface area contributed by atoms with Gasteiger partial charge in [0.05, 0.1) is 21.7 Å². The van der Waals surface area contributed by atoms with Gasteiger partial charge in [-0.25, -0.2) is 4.98 Å². The molecule has 1 aromatic heterocycles. The summed E-state index contributed by atoms with van der Waals surface area (Å²) in [6.45, 7) is 2.04. The number of nitrogens with one attached hydrogen (secondary N) is 1. The lowest BCUT2D eigenvalue weighted by molar-refractivity contribution is -0.385. The van der Waals surface area contributed by atoms with Gasteiger partial charge in [0.25, 0.3) is 5.91 Å². The lowest BCUT2D eigenvalue weighted by atomic mass is 10.1. The van der Waals surface area contributed by atoms with E-state index in [2.05, 4.69) is 10.3 Å². The van der Waals surface area contributed by atoms with Crippen molar-refractivity contribution in [3.05, 3.63) is 82.4 Å². The van der Waals surface area contributed by atoms with E-state index in [-0.39, 0.29) is 17.0 Å². The number of hydrogen-bond acceptors (Lipinski definition) is 6. The molecular weight excluding hydrogens is 402 g/mol. The number of carbonyl (C=O) groups is 1. The Balaban J connectivity index is 1.52. The number of thiazole rings is 1. The van der Waals surface area contributed by atoms with Crippen molar-refractivity contribution in [3.63, 3.8) is 0 Å². The van der Waals surface area contributed by atoms with Gasteiger partial charge in [-0.05, 0) is 55.5 Å². The Bertz CT molecular complexity index is 1200. The van der Waals surface area contributed by atoms with Crippen LogP contribution in [0.1, 0.15) is 17.3 Å². The summed E-state index contributed by atoms with van der Waals surface area (Å²) in [5.41, 5.74) is 2.43. The van der Waals surface area contributed by atoms with Crippen molar-refractivity contribution < 1.29 is 14.5 Å². The number of amides is 1. The predicted octanol–water partition coefficient (Wildman–Crippen LogP) is 5.52. The first-order chi connectivity index (χ1) is 14.5. The maximum atomic E-state index is 12.5. The number of aromatic nitrogens is 1. The van der Waals surface area contributed by atoms with Crippen LogP contribution in [0.25, 0.3) is 20.8 Å². The molecule has 3 aromatic carbocycles. The van der Waals surface area contributed by atoms with Crippen LogP contribution in [-0.4, -0.2) is 22.4 Å². The molecule has 0 bridgehead atoms. The molecule has 0 unspecified atom stereocenters. The highest BCUT2D eigenvalue weighted by atomic mass is 32.1. The van der Waals surface area contributed by atoms with Gasteiger partial charge >= 0.3 is 5.69 Å². The molecule has 0 aliphatic rings. The van der Waals surface area contributed by atoms with E-state index >= 15 is 0 Å². The molecule has 0 spiro atoms. The highest BCUT2D eigenvalue weighted by Crippen LogP contribution is 2.31. The van der Waals surface area contributed by atoms with E-state index in [0.29, 0.717) is 12.3 Å². The highest BCUT2D eigenvalue weighted by molar-refractivity contribution is 7.21. The van der Waals surface area contributed by atoms with E-state index in [0.717, 1.165) is 20.8 Å². The van der Waals surface area contributed by atoms with E-state index in [1.807, 2.05) is 36.4 Å². The highest BCUT2D eigenvalue weighted by Gasteiger charge is 2.18. The lowest BCUT2D eigenvalue weighted by Gasteiger charge is -2.08. The molecule has 0 fully saturated rings. The number of benzene rings is 3. The fourth-order valence-corrected chi connectivity index (χ4v) is 3.95. The number of carbonyl (C=O) groups excluding carboxylic acids is 1. The Labute approximate surface area is 176 Å². The summed E-state index contributed by atoms with van der Waals surface area (Å²) in [4.78, 5) is 27.9. The monoisotopic (exact) mass is 419 g/mol. The summed E-state index contributed by atoms with van der Waals surface area (Å²) >= 11 is 1.60. The van der Waals surface area contributed by atoms with E-state index in [9.17, 15) is 14.9 Å². The molecule has 150 valence electrons. The minimum absolute atomic E-state index is 0.138. The first-order valence-electron chi connectivity index (χ1n) is 9.23. The van der Waals surface area contributed by atoms with Crippen molar-refractivity contribution in [1.29, 1.82) is 0 Å². The molecule has 0 saturated carbocycles. The molecule has 0 saturated heterocycles. The van der Waals surface area contributed by atoms with Crippen LogP contribution in [0.2, 0.25) is 0 Å². The Kier molecular flexibility index (Phi) is 5.40. The third-order valence-corrected chi connectivity index (χ3v) is 5.49. The standard InChI is InChI=1S/C22H17N3O4S/c1-2-29-19-12-9-15(13-18(19)25(27)28)21(26)23-16-10-7-14(8-11-16)22-24-17-5-3-4-6-20(17)30-22/h3-13H,2H2,1H3,(H,23,26). The van der Waals surface area contributed by atoms with Gasteiger partial charge in [-0.2, -0.15) is 0 Å². The lowest BCUT2D eigenvalue weighted by Crippen LogP contribution is -2.12. The van der Waals surface area contributed by atoms with Crippen LogP contribution in [0.5, 0.6) is 5.75 Å². The summed E-state index contributed by atoms with van der Waals surface area (Å²) in [5.74, 6) is -0.298. The summed E-state index contributed by atoms with van der Waals surface area (Å²) in [7, 11) is 0. The summed E-state index contributed by atoms with van der Waals surface area (Å²) in [6, 6.07) is 19.4. The van der Waals surface area contributed by atoms with Crippen molar-refractivity contribution in [2.45, 2.75) is 6.92 Å². The molecule has 4 aromatic rings. The molecule has 0 aliphatic heterocycles. The Hall–Kier alpha value is -3.78. The minimum atomic E-state index is -0.561. The summed E-state index contributed by atoms with van der Waals surface area (Å²) in [5, 5.41) is 14.9. The number of nitro groups is 1. The van der Waals surface area contributed by atoms with E-state index in [1.54, 1.807) is 30.4 Å². The maximum absolute atomic E-state index is 12.5. The number of hydrogen-bond donors (Lipinski definition) is 1. The van der Waals surface area contributed by atoms with E-state index in [4.69, 9.17) is 4.74 Å². The normalized spacial score (nSPS) is 10.7. The van der Waals surface area contributed by atoms with Gasteiger partial charge in [-0.1, -0.05) is 12.1 Å². The molecule has 30 heavy (non-hydrogen) atoms. The number of nitrogens with zero attached hydrogens (tertiary/aromatic N) is 2. The van der Waals surface area contributed by atoms with Gasteiger partial charge in [0.2, 0.25) is 0 Å². The smallest absolute Gasteiger partial charge is 0.311 e. The molecule has 1 N–H and O–H groups in total. The van der Waals surface area contributed by atoms with Gasteiger partial charge in [0.1, 0.15) is 5.01 Å². The van der Waals surface area contributed by atoms with Crippen LogP contribution >= 0.6 is 11.3 Å². The van der Waals surface area contributed by atoms with Gasteiger partial charge in [0, 0.05) is 22.9 Å². The molecule has 4 rings (SSSR count). The Morgan fingerprint density at radius 1 is 1.13 bits per heavy atom. The summed E-state index contributed by atoms with van der Waals surface area (Å²) in [6.07, 6.45) is 0. The fourth-order valence-electron chi connectivity index (χ4n) is 2.97. The number of ether oxygens (including phenoxy) is 1. The Morgan fingerprint density at radius 3 is 2.60 bits per heavy atom. The van der Waals surface area contributed by atoms with Crippen LogP contribution in [0.3, 0.4) is 0 Å². The zero-order chi connectivity index (χ0) is 21.1. The average Bonchev–Trinajstić information content (AvgIpc) is 3.19. The SMILES string of the molecule is CCOc1ccc(C(=O)Nc2ccc(-c3nc4ccccc4s3)cc2)cc1[N+](=O)[O-]. The van der Waals surface area contributed by atoms with Crippen molar-refractivity contribution in [3.8, 4) is 16.3 Å². The number of para-hydroxylation sites is 1. The van der Waals surface area contributed by atoms with Crippen molar-refractivity contribution >= 4 is 38.8 Å². The van der Waals surface area contributed by atoms with Crippen LogP contribution in [0, 0.1) is 10.1 Å². The van der Waals surface area contributed by atoms with Crippen molar-refractivity contribution in [1.82, 2.24) is 4.98 Å². The number of rotatable bonds is 6. The second-order valence-electron chi connectivity index (χ2n) is 6.39. The van der Waals surface area contributed by atoms with Crippen LogP contribution in [0.4, 0.5) is 11.4 Å². The van der Waals surface area contributed by atoms with E-state index in [1.165, 1.54) is 18.2 Å². The van der Waals surface area contributed by atoms with Gasteiger partial charge in [-0.3, -0.25) is 14.9 Å². The zero-order valence-electron chi connectivity index (χ0n) is 16.0. The molecule has 0 aliphatic carbocycles. The average molecular weight is 419 g/mol. The number of anilines is 1. The molecular formula is C22H17N3O4S. The topological polar surface area (TPSA) is 94.4 Å². The van der Waals surface area contributed by atoms with Gasteiger partial charge in [0.15, 0.2) is 5.75 Å². The van der Waals surface area contributed by atoms with Gasteiger partial charge in [-0.15, -0.1) is 11.3 Å². The third-order valence-electron chi connectivity index (χ3n) is 4.40. The minimum Gasteiger partial charge on any atom is -0.487 e. The van der Waals surface area contributed by atoms with Crippen LogP contribution < -0.4 is 10.1 Å². The van der Waals surface area contributed by atoms with Gasteiger partial charge < -0.3 is 10.1 Å². The molecule has 8 heteroatoms. The molecule has 7 nitrogen and oxygen atoms in total. The third kappa shape index (κ3) is 3.99. The van der Waals surface area contributed by atoms with Crippen LogP contribution in [-0.2, 0) is 0 Å². The number of nitro benzene ring substituents is 1. The molecule has 0 radical (unpaired) electrons. The summed E-state index contributed by atoms with van der Waals surface area (Å²) < 4.78 is 6.36. The maximum Gasteiger partial charge on any atom is 0.311 e. The predicted molar refractivity (Wildman–Crippen MR) is 117 cm³/mol. The van der Waals surface area contributed by atoms with E-state index < -0.39 is 10.8 Å². The largest absolute Gasteiger partial charge is 0.487 e. The fraction of sp³-hybridized carbons (Fsp3) is 0.0909. The first-order valence-corrected chi connectivity index (χ1v) is 10.1. The molecule has 1 amide bonds. The zero-order valence-corrected chi connectivity index (χ0v) is 16.8. The van der Waals surface area contributed by atoms with Crippen LogP contribution in [0.15, 0.2) is 66.7 Å². The van der Waals surface area contributed by atoms with Crippen molar-refractivity contribution in [2.75, 3.05) is 11.9 Å². The van der Waals surface area contributed by atoms with Crippen molar-refractivity contribution in [2.24, 2.45) is 0 Å². The number of fused-ring (bicyclic) bond motifs is 1.